The van der Waals surface area contributed by atoms with Crippen molar-refractivity contribution in [3.05, 3.63) is 47.8 Å². The molecule has 0 amide bonds. The van der Waals surface area contributed by atoms with Gasteiger partial charge in [-0.2, -0.15) is 0 Å². The zero-order valence-corrected chi connectivity index (χ0v) is 20.6. The Labute approximate surface area is 196 Å². The molecule has 2 fully saturated rings. The van der Waals surface area contributed by atoms with E-state index in [0.717, 1.165) is 29.1 Å². The predicted molar refractivity (Wildman–Crippen MR) is 136 cm³/mol. The largest absolute Gasteiger partial charge is 0.236 e. The summed E-state index contributed by atoms with van der Waals surface area (Å²) < 4.78 is 0. The Morgan fingerprint density at radius 1 is 0.625 bits per heavy atom. The standard InChI is InChI=1S/C30H44N2/c1-3-5-6-8-24-11-13-25(14-12-24)26-17-19-28(20-18-26)30-31-21-29(22-32-30)27-15-9-23(7-4-2)10-16-27/h17-25,27H,3-16H2,1-2H3/t23-,24-,25-,27-. The molecule has 2 aliphatic carbocycles. The molecule has 0 aliphatic heterocycles. The molecular weight excluding hydrogens is 388 g/mol. The number of rotatable bonds is 9. The third-order valence-electron chi connectivity index (χ3n) is 8.39. The first-order valence-electron chi connectivity index (χ1n) is 13.7. The molecular formula is C30H44N2. The fourth-order valence-electron chi connectivity index (χ4n) is 6.26. The minimum absolute atomic E-state index is 0.664. The maximum atomic E-state index is 4.76. The maximum Gasteiger partial charge on any atom is 0.159 e. The summed E-state index contributed by atoms with van der Waals surface area (Å²) in [5, 5.41) is 0. The first-order chi connectivity index (χ1) is 15.8. The van der Waals surface area contributed by atoms with E-state index in [1.165, 1.54) is 101 Å². The smallest absolute Gasteiger partial charge is 0.159 e. The van der Waals surface area contributed by atoms with Crippen molar-refractivity contribution in [2.75, 3.05) is 0 Å². The topological polar surface area (TPSA) is 25.8 Å². The van der Waals surface area contributed by atoms with Crippen molar-refractivity contribution >= 4 is 0 Å². The summed E-state index contributed by atoms with van der Waals surface area (Å²) in [6.45, 7) is 4.62. The average molecular weight is 433 g/mol. The second-order valence-corrected chi connectivity index (χ2v) is 10.7. The van der Waals surface area contributed by atoms with Crippen molar-refractivity contribution in [2.45, 2.75) is 116 Å². The molecule has 2 aliphatic rings. The van der Waals surface area contributed by atoms with Gasteiger partial charge in [0.05, 0.1) is 0 Å². The van der Waals surface area contributed by atoms with Gasteiger partial charge in [-0.3, -0.25) is 0 Å². The predicted octanol–water partition coefficient (Wildman–Crippen LogP) is 9.07. The molecule has 0 radical (unpaired) electrons. The lowest BCUT2D eigenvalue weighted by molar-refractivity contribution is 0.303. The second kappa shape index (κ2) is 12.0. The van der Waals surface area contributed by atoms with Gasteiger partial charge < -0.3 is 0 Å². The van der Waals surface area contributed by atoms with Crippen LogP contribution in [-0.2, 0) is 0 Å². The Morgan fingerprint density at radius 3 is 1.75 bits per heavy atom. The number of nitrogens with zero attached hydrogens (tertiary/aromatic N) is 2. The molecule has 174 valence electrons. The van der Waals surface area contributed by atoms with Crippen molar-refractivity contribution in [3.63, 3.8) is 0 Å². The van der Waals surface area contributed by atoms with Crippen LogP contribution in [0.15, 0.2) is 36.7 Å². The molecule has 2 aromatic rings. The van der Waals surface area contributed by atoms with Crippen molar-refractivity contribution < 1.29 is 0 Å². The van der Waals surface area contributed by atoms with Gasteiger partial charge in [-0.15, -0.1) is 0 Å². The first kappa shape index (κ1) is 23.5. The van der Waals surface area contributed by atoms with Gasteiger partial charge in [0.25, 0.3) is 0 Å². The Kier molecular flexibility index (Phi) is 8.77. The van der Waals surface area contributed by atoms with Gasteiger partial charge in [-0.25, -0.2) is 9.97 Å². The third kappa shape index (κ3) is 6.21. The van der Waals surface area contributed by atoms with Crippen LogP contribution in [0, 0.1) is 11.8 Å². The molecule has 0 saturated heterocycles. The normalized spacial score (nSPS) is 26.2. The average Bonchev–Trinajstić information content (AvgIpc) is 2.86. The fourth-order valence-corrected chi connectivity index (χ4v) is 6.26. The van der Waals surface area contributed by atoms with Crippen LogP contribution in [0.2, 0.25) is 0 Å². The maximum absolute atomic E-state index is 4.76. The lowest BCUT2D eigenvalue weighted by atomic mass is 9.77. The van der Waals surface area contributed by atoms with Crippen LogP contribution in [0.3, 0.4) is 0 Å². The molecule has 0 N–H and O–H groups in total. The Morgan fingerprint density at radius 2 is 1.19 bits per heavy atom. The highest BCUT2D eigenvalue weighted by atomic mass is 14.9. The van der Waals surface area contributed by atoms with Gasteiger partial charge in [0, 0.05) is 18.0 Å². The summed E-state index contributed by atoms with van der Waals surface area (Å²) in [6.07, 6.45) is 23.5. The van der Waals surface area contributed by atoms with E-state index in [-0.39, 0.29) is 0 Å². The van der Waals surface area contributed by atoms with E-state index < -0.39 is 0 Å². The van der Waals surface area contributed by atoms with Crippen LogP contribution in [0.25, 0.3) is 11.4 Å². The van der Waals surface area contributed by atoms with E-state index in [0.29, 0.717) is 5.92 Å². The van der Waals surface area contributed by atoms with Crippen LogP contribution in [0.1, 0.15) is 127 Å². The molecule has 1 aromatic carbocycles. The number of aromatic nitrogens is 2. The Balaban J connectivity index is 1.29. The molecule has 0 bridgehead atoms. The molecule has 32 heavy (non-hydrogen) atoms. The van der Waals surface area contributed by atoms with Crippen LogP contribution in [0.4, 0.5) is 0 Å². The minimum atomic E-state index is 0.664. The molecule has 0 spiro atoms. The van der Waals surface area contributed by atoms with Crippen LogP contribution >= 0.6 is 0 Å². The Bertz CT molecular complexity index is 779. The second-order valence-electron chi connectivity index (χ2n) is 10.7. The molecule has 0 atom stereocenters. The lowest BCUT2D eigenvalue weighted by Gasteiger charge is -2.29. The molecule has 2 saturated carbocycles. The van der Waals surface area contributed by atoms with Crippen molar-refractivity contribution in [2.24, 2.45) is 11.8 Å². The number of benzene rings is 1. The molecule has 2 heteroatoms. The molecule has 1 aromatic heterocycles. The summed E-state index contributed by atoms with van der Waals surface area (Å²) in [6, 6.07) is 9.16. The van der Waals surface area contributed by atoms with Gasteiger partial charge in [0.2, 0.25) is 0 Å². The van der Waals surface area contributed by atoms with Gasteiger partial charge in [-0.1, -0.05) is 76.6 Å². The molecule has 1 heterocycles. The number of unbranched alkanes of at least 4 members (excludes halogenated alkanes) is 2. The highest BCUT2D eigenvalue weighted by Crippen LogP contribution is 2.39. The fraction of sp³-hybridized carbons (Fsp3) is 0.667. The monoisotopic (exact) mass is 432 g/mol. The van der Waals surface area contributed by atoms with Gasteiger partial charge in [-0.05, 0) is 86.2 Å². The van der Waals surface area contributed by atoms with Gasteiger partial charge >= 0.3 is 0 Å². The third-order valence-corrected chi connectivity index (χ3v) is 8.39. The zero-order chi connectivity index (χ0) is 22.2. The van der Waals surface area contributed by atoms with Crippen LogP contribution in [-0.4, -0.2) is 9.97 Å². The van der Waals surface area contributed by atoms with Crippen LogP contribution in [0.5, 0.6) is 0 Å². The van der Waals surface area contributed by atoms with Crippen molar-refractivity contribution in [1.29, 1.82) is 0 Å². The van der Waals surface area contributed by atoms with E-state index in [9.17, 15) is 0 Å². The number of hydrogen-bond acceptors (Lipinski definition) is 2. The highest BCUT2D eigenvalue weighted by Gasteiger charge is 2.23. The lowest BCUT2D eigenvalue weighted by Crippen LogP contribution is -2.13. The first-order valence-corrected chi connectivity index (χ1v) is 13.7. The SMILES string of the molecule is CCCCC[C@H]1CC[C@H](c2ccc(-c3ncc([C@H]4CC[C@H](CCC)CC4)cn3)cc2)CC1. The van der Waals surface area contributed by atoms with Gasteiger partial charge in [0.15, 0.2) is 5.82 Å². The van der Waals surface area contributed by atoms with E-state index >= 15 is 0 Å². The van der Waals surface area contributed by atoms with E-state index in [1.54, 1.807) is 0 Å². The zero-order valence-electron chi connectivity index (χ0n) is 20.6. The molecule has 2 nitrogen and oxygen atoms in total. The molecule has 4 rings (SSSR count). The summed E-state index contributed by atoms with van der Waals surface area (Å²) in [7, 11) is 0. The summed E-state index contributed by atoms with van der Waals surface area (Å²) >= 11 is 0. The Hall–Kier alpha value is -1.70. The molecule has 0 unspecified atom stereocenters. The number of hydrogen-bond donors (Lipinski definition) is 0. The van der Waals surface area contributed by atoms with Gasteiger partial charge in [0.1, 0.15) is 0 Å². The van der Waals surface area contributed by atoms with Crippen molar-refractivity contribution in [3.8, 4) is 11.4 Å². The summed E-state index contributed by atoms with van der Waals surface area (Å²) in [5.74, 6) is 4.21. The van der Waals surface area contributed by atoms with Crippen LogP contribution < -0.4 is 0 Å². The summed E-state index contributed by atoms with van der Waals surface area (Å²) in [4.78, 5) is 9.51. The quantitative estimate of drug-likeness (QED) is 0.369. The van der Waals surface area contributed by atoms with Crippen molar-refractivity contribution in [1.82, 2.24) is 9.97 Å². The highest BCUT2D eigenvalue weighted by molar-refractivity contribution is 5.55. The van der Waals surface area contributed by atoms with E-state index in [1.807, 2.05) is 0 Å². The minimum Gasteiger partial charge on any atom is -0.236 e. The van der Waals surface area contributed by atoms with E-state index in [4.69, 9.17) is 9.97 Å². The summed E-state index contributed by atoms with van der Waals surface area (Å²) in [5.41, 5.74) is 4.01. The van der Waals surface area contributed by atoms with E-state index in [2.05, 4.69) is 50.5 Å².